The van der Waals surface area contributed by atoms with Crippen LogP contribution in [0.15, 0.2) is 36.4 Å². The largest absolute Gasteiger partial charge is 0.492 e. The monoisotopic (exact) mass is 384 g/mol. The number of benzene rings is 2. The highest BCUT2D eigenvalue weighted by Crippen LogP contribution is 2.35. The molecule has 0 saturated carbocycles. The molecule has 0 unspecified atom stereocenters. The van der Waals surface area contributed by atoms with Crippen molar-refractivity contribution >= 4 is 11.7 Å². The first kappa shape index (κ1) is 19.9. The molecule has 150 valence electrons. The fourth-order valence-electron chi connectivity index (χ4n) is 3.15. The molecule has 3 rings (SSSR count). The van der Waals surface area contributed by atoms with Crippen LogP contribution in [0.1, 0.15) is 50.7 Å². The highest BCUT2D eigenvalue weighted by molar-refractivity contribution is 5.91. The topological polar surface area (TPSA) is 68.8 Å². The van der Waals surface area contributed by atoms with Crippen LogP contribution in [0.2, 0.25) is 0 Å². The van der Waals surface area contributed by atoms with Crippen molar-refractivity contribution in [3.8, 4) is 17.2 Å². The molecule has 0 fully saturated rings. The molecule has 28 heavy (non-hydrogen) atoms. The number of fused-ring (bicyclic) bond motifs is 1. The maximum absolute atomic E-state index is 12.4. The van der Waals surface area contributed by atoms with Gasteiger partial charge in [-0.1, -0.05) is 45.9 Å². The SMILES string of the molecule is CC(C)c1cccc(C(C)C)c1NC(=O)NCCOc1ccc2c(c1)OCO2. The standard InChI is InChI=1S/C22H28N2O4/c1-14(2)17-6-5-7-18(15(3)4)21(17)24-22(25)23-10-11-26-16-8-9-19-20(12-16)28-13-27-19/h5-9,12,14-15H,10-11,13H2,1-4H3,(H2,23,24,25). The van der Waals surface area contributed by atoms with E-state index in [0.29, 0.717) is 36.5 Å². The van der Waals surface area contributed by atoms with Gasteiger partial charge in [-0.2, -0.15) is 0 Å². The lowest BCUT2D eigenvalue weighted by atomic mass is 9.93. The summed E-state index contributed by atoms with van der Waals surface area (Å²) in [5, 5.41) is 5.89. The average Bonchev–Trinajstić information content (AvgIpc) is 3.12. The number of anilines is 1. The van der Waals surface area contributed by atoms with Gasteiger partial charge in [-0.25, -0.2) is 4.79 Å². The Labute approximate surface area is 166 Å². The number of rotatable bonds is 7. The molecule has 1 aliphatic heterocycles. The van der Waals surface area contributed by atoms with E-state index in [1.807, 2.05) is 18.2 Å². The van der Waals surface area contributed by atoms with Crippen molar-refractivity contribution in [2.75, 3.05) is 25.3 Å². The average molecular weight is 384 g/mol. The highest BCUT2D eigenvalue weighted by Gasteiger charge is 2.16. The molecule has 0 aromatic heterocycles. The van der Waals surface area contributed by atoms with E-state index in [2.05, 4.69) is 50.5 Å². The van der Waals surface area contributed by atoms with Crippen LogP contribution in [-0.2, 0) is 0 Å². The summed E-state index contributed by atoms with van der Waals surface area (Å²) < 4.78 is 16.3. The predicted molar refractivity (Wildman–Crippen MR) is 110 cm³/mol. The Hall–Kier alpha value is -2.89. The minimum absolute atomic E-state index is 0.232. The summed E-state index contributed by atoms with van der Waals surface area (Å²) in [6.07, 6.45) is 0. The minimum atomic E-state index is -0.232. The van der Waals surface area contributed by atoms with Crippen LogP contribution in [-0.4, -0.2) is 26.0 Å². The molecule has 0 spiro atoms. The van der Waals surface area contributed by atoms with E-state index in [1.54, 1.807) is 6.07 Å². The Morgan fingerprint density at radius 3 is 2.39 bits per heavy atom. The Morgan fingerprint density at radius 2 is 1.71 bits per heavy atom. The number of hydrogen-bond acceptors (Lipinski definition) is 4. The molecule has 0 saturated heterocycles. The van der Waals surface area contributed by atoms with Crippen LogP contribution in [0.5, 0.6) is 17.2 Å². The smallest absolute Gasteiger partial charge is 0.319 e. The first-order valence-corrected chi connectivity index (χ1v) is 9.65. The molecule has 6 heteroatoms. The Bertz CT molecular complexity index is 807. The highest BCUT2D eigenvalue weighted by atomic mass is 16.7. The number of carbonyl (C=O) groups excluding carboxylic acids is 1. The molecule has 2 N–H and O–H groups in total. The molecule has 0 bridgehead atoms. The van der Waals surface area contributed by atoms with Gasteiger partial charge in [0.25, 0.3) is 0 Å². The van der Waals surface area contributed by atoms with Gasteiger partial charge in [0, 0.05) is 11.8 Å². The van der Waals surface area contributed by atoms with Gasteiger partial charge < -0.3 is 24.8 Å². The van der Waals surface area contributed by atoms with Crippen LogP contribution in [0.4, 0.5) is 10.5 Å². The number of nitrogens with one attached hydrogen (secondary N) is 2. The summed E-state index contributed by atoms with van der Waals surface area (Å²) in [4.78, 5) is 12.4. The zero-order valence-electron chi connectivity index (χ0n) is 16.9. The van der Waals surface area contributed by atoms with Crippen LogP contribution < -0.4 is 24.8 Å². The molecule has 6 nitrogen and oxygen atoms in total. The van der Waals surface area contributed by atoms with E-state index in [1.165, 1.54) is 0 Å². The fourth-order valence-corrected chi connectivity index (χ4v) is 3.15. The zero-order chi connectivity index (χ0) is 20.1. The van der Waals surface area contributed by atoms with Crippen LogP contribution in [0.3, 0.4) is 0 Å². The quantitative estimate of drug-likeness (QED) is 0.669. The second kappa shape index (κ2) is 8.87. The number of urea groups is 1. The summed E-state index contributed by atoms with van der Waals surface area (Å²) in [5.41, 5.74) is 3.18. The first-order chi connectivity index (χ1) is 13.5. The fraction of sp³-hybridized carbons (Fsp3) is 0.409. The van der Waals surface area contributed by atoms with Gasteiger partial charge in [-0.15, -0.1) is 0 Å². The molecule has 2 aromatic rings. The van der Waals surface area contributed by atoms with E-state index in [9.17, 15) is 4.79 Å². The molecular formula is C22H28N2O4. The van der Waals surface area contributed by atoms with Crippen molar-refractivity contribution < 1.29 is 19.0 Å². The number of hydrogen-bond donors (Lipinski definition) is 2. The molecule has 0 aliphatic carbocycles. The minimum Gasteiger partial charge on any atom is -0.492 e. The maximum Gasteiger partial charge on any atom is 0.319 e. The van der Waals surface area contributed by atoms with Crippen molar-refractivity contribution in [3.63, 3.8) is 0 Å². The van der Waals surface area contributed by atoms with Gasteiger partial charge >= 0.3 is 6.03 Å². The van der Waals surface area contributed by atoms with Crippen molar-refractivity contribution in [1.29, 1.82) is 0 Å². The normalized spacial score (nSPS) is 12.4. The lowest BCUT2D eigenvalue weighted by Crippen LogP contribution is -2.33. The molecule has 0 atom stereocenters. The molecule has 2 aromatic carbocycles. The summed E-state index contributed by atoms with van der Waals surface area (Å²) >= 11 is 0. The van der Waals surface area contributed by atoms with Gasteiger partial charge in [0.15, 0.2) is 11.5 Å². The molecular weight excluding hydrogens is 356 g/mol. The Balaban J connectivity index is 1.53. The lowest BCUT2D eigenvalue weighted by molar-refractivity contribution is 0.173. The summed E-state index contributed by atoms with van der Waals surface area (Å²) in [5.74, 6) is 2.72. The first-order valence-electron chi connectivity index (χ1n) is 9.65. The van der Waals surface area contributed by atoms with E-state index < -0.39 is 0 Å². The maximum atomic E-state index is 12.4. The van der Waals surface area contributed by atoms with Gasteiger partial charge in [0.2, 0.25) is 6.79 Å². The predicted octanol–water partition coefficient (Wildman–Crippen LogP) is 4.86. The lowest BCUT2D eigenvalue weighted by Gasteiger charge is -2.20. The van der Waals surface area contributed by atoms with E-state index >= 15 is 0 Å². The molecule has 1 heterocycles. The van der Waals surface area contributed by atoms with Gasteiger partial charge in [0.1, 0.15) is 12.4 Å². The molecule has 0 radical (unpaired) electrons. The van der Waals surface area contributed by atoms with E-state index in [0.717, 1.165) is 22.6 Å². The molecule has 1 aliphatic rings. The van der Waals surface area contributed by atoms with Crippen molar-refractivity contribution in [2.24, 2.45) is 0 Å². The van der Waals surface area contributed by atoms with Crippen molar-refractivity contribution in [3.05, 3.63) is 47.5 Å². The van der Waals surface area contributed by atoms with Gasteiger partial charge in [0.05, 0.1) is 6.54 Å². The van der Waals surface area contributed by atoms with Gasteiger partial charge in [-0.3, -0.25) is 0 Å². The van der Waals surface area contributed by atoms with Gasteiger partial charge in [-0.05, 0) is 35.1 Å². The summed E-state index contributed by atoms with van der Waals surface area (Å²) in [6.45, 7) is 9.49. The second-order valence-electron chi connectivity index (χ2n) is 7.37. The van der Waals surface area contributed by atoms with Crippen molar-refractivity contribution in [1.82, 2.24) is 5.32 Å². The van der Waals surface area contributed by atoms with Crippen LogP contribution >= 0.6 is 0 Å². The molecule has 2 amide bonds. The number of ether oxygens (including phenoxy) is 3. The number of carbonyl (C=O) groups is 1. The zero-order valence-corrected chi connectivity index (χ0v) is 16.9. The summed E-state index contributed by atoms with van der Waals surface area (Å²) in [6, 6.07) is 11.4. The summed E-state index contributed by atoms with van der Waals surface area (Å²) in [7, 11) is 0. The van der Waals surface area contributed by atoms with Crippen LogP contribution in [0.25, 0.3) is 0 Å². The van der Waals surface area contributed by atoms with Crippen molar-refractivity contribution in [2.45, 2.75) is 39.5 Å². The Kier molecular flexibility index (Phi) is 6.29. The third-order valence-corrected chi connectivity index (χ3v) is 4.61. The number of para-hydroxylation sites is 1. The van der Waals surface area contributed by atoms with Crippen LogP contribution in [0, 0.1) is 0 Å². The Morgan fingerprint density at radius 1 is 1.04 bits per heavy atom. The number of amides is 2. The van der Waals surface area contributed by atoms with E-state index in [4.69, 9.17) is 14.2 Å². The third-order valence-electron chi connectivity index (χ3n) is 4.61. The van der Waals surface area contributed by atoms with E-state index in [-0.39, 0.29) is 12.8 Å². The third kappa shape index (κ3) is 4.68. The second-order valence-corrected chi connectivity index (χ2v) is 7.37.